The van der Waals surface area contributed by atoms with Gasteiger partial charge in [-0.1, -0.05) is 45.0 Å². The monoisotopic (exact) mass is 271 g/mol. The summed E-state index contributed by atoms with van der Waals surface area (Å²) in [5.41, 5.74) is 3.10. The van der Waals surface area contributed by atoms with E-state index < -0.39 is 0 Å². The van der Waals surface area contributed by atoms with E-state index in [9.17, 15) is 4.79 Å². The largest absolute Gasteiger partial charge is 0.337 e. The van der Waals surface area contributed by atoms with Crippen molar-refractivity contribution in [3.8, 4) is 0 Å². The molecule has 0 aliphatic rings. The second-order valence-electron chi connectivity index (χ2n) is 6.06. The van der Waals surface area contributed by atoms with Crippen LogP contribution in [0.2, 0.25) is 0 Å². The minimum Gasteiger partial charge on any atom is -0.337 e. The van der Waals surface area contributed by atoms with Gasteiger partial charge < -0.3 is 4.90 Å². The molecule has 0 saturated carbocycles. The first-order valence-corrected chi connectivity index (χ1v) is 6.72. The van der Waals surface area contributed by atoms with Crippen molar-refractivity contribution < 1.29 is 4.79 Å². The third-order valence-corrected chi connectivity index (χ3v) is 3.32. The molecule has 4 nitrogen and oxygen atoms in total. The minimum atomic E-state index is -0.0255. The number of benzene rings is 1. The van der Waals surface area contributed by atoms with E-state index in [-0.39, 0.29) is 11.3 Å². The number of amides is 1. The molecule has 0 unspecified atom stereocenters. The summed E-state index contributed by atoms with van der Waals surface area (Å²) in [6, 6.07) is 8.27. The summed E-state index contributed by atoms with van der Waals surface area (Å²) in [5.74, 6) is -0.0255. The molecule has 0 radical (unpaired) electrons. The van der Waals surface area contributed by atoms with Gasteiger partial charge in [-0.25, -0.2) is 0 Å². The Morgan fingerprint density at radius 1 is 1.30 bits per heavy atom. The molecule has 1 aromatic heterocycles. The zero-order chi connectivity index (χ0) is 14.8. The first kappa shape index (κ1) is 14.3. The van der Waals surface area contributed by atoms with E-state index in [1.54, 1.807) is 17.3 Å². The lowest BCUT2D eigenvalue weighted by Gasteiger charge is -2.25. The van der Waals surface area contributed by atoms with Crippen LogP contribution >= 0.6 is 0 Å². The normalized spacial score (nSPS) is 11.4. The van der Waals surface area contributed by atoms with Gasteiger partial charge >= 0.3 is 0 Å². The van der Waals surface area contributed by atoms with Crippen molar-refractivity contribution in [2.75, 3.05) is 7.05 Å². The summed E-state index contributed by atoms with van der Waals surface area (Å²) in [6.07, 6.45) is 3.17. The van der Waals surface area contributed by atoms with Gasteiger partial charge in [0, 0.05) is 19.8 Å². The second kappa shape index (κ2) is 5.49. The third kappa shape index (κ3) is 3.07. The molecule has 0 bridgehead atoms. The van der Waals surface area contributed by atoms with Crippen molar-refractivity contribution in [2.24, 2.45) is 0 Å². The molecule has 0 spiro atoms. The molecule has 1 N–H and O–H groups in total. The Hall–Kier alpha value is -2.10. The van der Waals surface area contributed by atoms with Crippen molar-refractivity contribution in [1.29, 1.82) is 0 Å². The first-order valence-electron chi connectivity index (χ1n) is 6.72. The number of hydrogen-bond donors (Lipinski definition) is 1. The molecule has 1 aromatic carbocycles. The fourth-order valence-electron chi connectivity index (χ4n) is 2.31. The van der Waals surface area contributed by atoms with Gasteiger partial charge in [-0.3, -0.25) is 9.89 Å². The number of nitrogens with one attached hydrogen (secondary N) is 1. The lowest BCUT2D eigenvalue weighted by molar-refractivity contribution is 0.0784. The Morgan fingerprint density at radius 3 is 2.60 bits per heavy atom. The molecule has 2 aromatic rings. The highest BCUT2D eigenvalue weighted by Gasteiger charge is 2.20. The van der Waals surface area contributed by atoms with Crippen LogP contribution < -0.4 is 0 Å². The van der Waals surface area contributed by atoms with Gasteiger partial charge in [-0.2, -0.15) is 5.10 Å². The zero-order valence-corrected chi connectivity index (χ0v) is 12.5. The number of carbonyl (C=O) groups excluding carboxylic acids is 1. The van der Waals surface area contributed by atoms with Gasteiger partial charge in [-0.15, -0.1) is 0 Å². The topological polar surface area (TPSA) is 49.0 Å². The Balaban J connectivity index is 2.20. The van der Waals surface area contributed by atoms with Crippen LogP contribution in [0.15, 0.2) is 36.7 Å². The van der Waals surface area contributed by atoms with E-state index >= 15 is 0 Å². The average Bonchev–Trinajstić information content (AvgIpc) is 2.91. The Labute approximate surface area is 119 Å². The summed E-state index contributed by atoms with van der Waals surface area (Å²) >= 11 is 0. The van der Waals surface area contributed by atoms with Crippen LogP contribution in [0, 0.1) is 0 Å². The number of aromatic nitrogens is 2. The molecule has 4 heteroatoms. The van der Waals surface area contributed by atoms with Crippen LogP contribution in [0.3, 0.4) is 0 Å². The molecular weight excluding hydrogens is 250 g/mol. The van der Waals surface area contributed by atoms with Crippen molar-refractivity contribution in [2.45, 2.75) is 32.7 Å². The Morgan fingerprint density at radius 2 is 2.00 bits per heavy atom. The molecule has 0 aliphatic carbocycles. The summed E-state index contributed by atoms with van der Waals surface area (Å²) in [6.45, 7) is 7.15. The van der Waals surface area contributed by atoms with E-state index in [4.69, 9.17) is 0 Å². The smallest absolute Gasteiger partial charge is 0.257 e. The molecule has 0 fully saturated rings. The maximum Gasteiger partial charge on any atom is 0.257 e. The van der Waals surface area contributed by atoms with Crippen LogP contribution in [0.25, 0.3) is 0 Å². The van der Waals surface area contributed by atoms with Gasteiger partial charge in [0.25, 0.3) is 5.91 Å². The standard InChI is InChI=1S/C16H21N3O/c1-16(2,3)14-8-6-5-7-12(14)11-19(4)15(20)13-9-17-18-10-13/h5-10H,11H2,1-4H3,(H,17,18). The molecule has 20 heavy (non-hydrogen) atoms. The van der Waals surface area contributed by atoms with Gasteiger partial charge in [0.2, 0.25) is 0 Å². The van der Waals surface area contributed by atoms with Crippen LogP contribution in [0.5, 0.6) is 0 Å². The number of nitrogens with zero attached hydrogens (tertiary/aromatic N) is 2. The molecule has 1 heterocycles. The summed E-state index contributed by atoms with van der Waals surface area (Å²) < 4.78 is 0. The summed E-state index contributed by atoms with van der Waals surface area (Å²) in [7, 11) is 1.81. The number of aromatic amines is 1. The Kier molecular flexibility index (Phi) is 3.93. The maximum absolute atomic E-state index is 12.2. The SMILES string of the molecule is CN(Cc1ccccc1C(C)(C)C)C(=O)c1cn[nH]c1. The van der Waals surface area contributed by atoms with Gasteiger partial charge in [0.1, 0.15) is 0 Å². The molecule has 106 valence electrons. The van der Waals surface area contributed by atoms with E-state index in [0.717, 1.165) is 0 Å². The van der Waals surface area contributed by atoms with Crippen LogP contribution in [0.1, 0.15) is 42.3 Å². The number of rotatable bonds is 3. The van der Waals surface area contributed by atoms with Gasteiger partial charge in [0.05, 0.1) is 11.8 Å². The maximum atomic E-state index is 12.2. The summed E-state index contributed by atoms with van der Waals surface area (Å²) in [4.78, 5) is 14.0. The molecule has 0 atom stereocenters. The minimum absolute atomic E-state index is 0.0255. The van der Waals surface area contributed by atoms with E-state index in [2.05, 4.69) is 43.1 Å². The summed E-state index contributed by atoms with van der Waals surface area (Å²) in [5, 5.41) is 6.48. The zero-order valence-electron chi connectivity index (χ0n) is 12.5. The molecule has 0 saturated heterocycles. The predicted molar refractivity (Wildman–Crippen MR) is 79.5 cm³/mol. The van der Waals surface area contributed by atoms with Gasteiger partial charge in [-0.05, 0) is 16.5 Å². The quantitative estimate of drug-likeness (QED) is 0.933. The first-order chi connectivity index (χ1) is 9.39. The Bertz CT molecular complexity index is 582. The highest BCUT2D eigenvalue weighted by Crippen LogP contribution is 2.26. The third-order valence-electron chi connectivity index (χ3n) is 3.32. The molecule has 0 aliphatic heterocycles. The fourth-order valence-corrected chi connectivity index (χ4v) is 2.31. The van der Waals surface area contributed by atoms with Crippen molar-refractivity contribution in [3.05, 3.63) is 53.3 Å². The lowest BCUT2D eigenvalue weighted by Crippen LogP contribution is -2.27. The van der Waals surface area contributed by atoms with Crippen molar-refractivity contribution in [1.82, 2.24) is 15.1 Å². The fraction of sp³-hybridized carbons (Fsp3) is 0.375. The molecule has 1 amide bonds. The lowest BCUT2D eigenvalue weighted by atomic mass is 9.83. The molecule has 2 rings (SSSR count). The highest BCUT2D eigenvalue weighted by atomic mass is 16.2. The van der Waals surface area contributed by atoms with Crippen molar-refractivity contribution in [3.63, 3.8) is 0 Å². The van der Waals surface area contributed by atoms with Crippen LogP contribution in [0.4, 0.5) is 0 Å². The predicted octanol–water partition coefficient (Wildman–Crippen LogP) is 2.98. The molecular formula is C16H21N3O. The van der Waals surface area contributed by atoms with Crippen LogP contribution in [-0.2, 0) is 12.0 Å². The number of hydrogen-bond acceptors (Lipinski definition) is 2. The van der Waals surface area contributed by atoms with Crippen LogP contribution in [-0.4, -0.2) is 28.1 Å². The van der Waals surface area contributed by atoms with E-state index in [0.29, 0.717) is 12.1 Å². The number of H-pyrrole nitrogens is 1. The number of carbonyl (C=O) groups is 1. The highest BCUT2D eigenvalue weighted by molar-refractivity contribution is 5.93. The van der Waals surface area contributed by atoms with Crippen molar-refractivity contribution >= 4 is 5.91 Å². The van der Waals surface area contributed by atoms with E-state index in [1.807, 2.05) is 19.2 Å². The average molecular weight is 271 g/mol. The second-order valence-corrected chi connectivity index (χ2v) is 6.06. The van der Waals surface area contributed by atoms with Gasteiger partial charge in [0.15, 0.2) is 0 Å². The van der Waals surface area contributed by atoms with E-state index in [1.165, 1.54) is 11.1 Å².